The van der Waals surface area contributed by atoms with E-state index in [1.807, 2.05) is 13.8 Å². The molecule has 0 spiro atoms. The molecule has 94 valence electrons. The molecule has 0 bridgehead atoms. The van der Waals surface area contributed by atoms with Gasteiger partial charge in [0, 0.05) is 18.1 Å². The Morgan fingerprint density at radius 3 is 2.59 bits per heavy atom. The first kappa shape index (κ1) is 13.8. The molecule has 3 nitrogen and oxygen atoms in total. The van der Waals surface area contributed by atoms with E-state index in [9.17, 15) is 9.18 Å². The summed E-state index contributed by atoms with van der Waals surface area (Å²) in [7, 11) is 0. The summed E-state index contributed by atoms with van der Waals surface area (Å²) in [4.78, 5) is 13.4. The maximum atomic E-state index is 13.4. The van der Waals surface area contributed by atoms with Crippen molar-refractivity contribution in [3.8, 4) is 0 Å². The van der Waals surface area contributed by atoms with Gasteiger partial charge in [0.2, 0.25) is 5.91 Å². The number of rotatable bonds is 5. The molecule has 1 rings (SSSR count). The van der Waals surface area contributed by atoms with Crippen molar-refractivity contribution < 1.29 is 9.18 Å². The van der Waals surface area contributed by atoms with E-state index in [2.05, 4.69) is 5.32 Å². The molecule has 0 aliphatic heterocycles. The van der Waals surface area contributed by atoms with Gasteiger partial charge in [0.15, 0.2) is 0 Å². The number of amides is 1. The van der Waals surface area contributed by atoms with Crippen LogP contribution in [-0.4, -0.2) is 30.4 Å². The SMILES string of the molecule is CCN(CC)C(=O)CNc1ccc(Cl)cc1F. The number of likely N-dealkylation sites (N-methyl/N-ethyl adjacent to an activating group) is 1. The standard InChI is InChI=1S/C12H16ClFN2O/c1-3-16(4-2)12(17)8-15-11-6-5-9(13)7-10(11)14/h5-7,15H,3-4,8H2,1-2H3. The number of carbonyl (C=O) groups excluding carboxylic acids is 1. The van der Waals surface area contributed by atoms with Crippen LogP contribution in [-0.2, 0) is 4.79 Å². The highest BCUT2D eigenvalue weighted by Gasteiger charge is 2.10. The third kappa shape index (κ3) is 3.89. The fourth-order valence-corrected chi connectivity index (χ4v) is 1.65. The van der Waals surface area contributed by atoms with Crippen LogP contribution in [0.5, 0.6) is 0 Å². The molecule has 0 saturated heterocycles. The predicted molar refractivity (Wildman–Crippen MR) is 67.8 cm³/mol. The average molecular weight is 259 g/mol. The van der Waals surface area contributed by atoms with Gasteiger partial charge in [0.05, 0.1) is 12.2 Å². The third-order valence-corrected chi connectivity index (χ3v) is 2.71. The summed E-state index contributed by atoms with van der Waals surface area (Å²) in [6, 6.07) is 4.31. The highest BCUT2D eigenvalue weighted by atomic mass is 35.5. The Morgan fingerprint density at radius 1 is 1.41 bits per heavy atom. The highest BCUT2D eigenvalue weighted by Crippen LogP contribution is 2.18. The van der Waals surface area contributed by atoms with Crippen LogP contribution >= 0.6 is 11.6 Å². The van der Waals surface area contributed by atoms with Gasteiger partial charge in [-0.2, -0.15) is 0 Å². The van der Waals surface area contributed by atoms with Crippen LogP contribution in [0.15, 0.2) is 18.2 Å². The second-order valence-corrected chi connectivity index (χ2v) is 3.98. The fraction of sp³-hybridized carbons (Fsp3) is 0.417. The second kappa shape index (κ2) is 6.45. The third-order valence-electron chi connectivity index (χ3n) is 2.48. The smallest absolute Gasteiger partial charge is 0.241 e. The minimum absolute atomic E-state index is 0.0515. The summed E-state index contributed by atoms with van der Waals surface area (Å²) in [5.41, 5.74) is 0.287. The van der Waals surface area contributed by atoms with Gasteiger partial charge >= 0.3 is 0 Å². The normalized spacial score (nSPS) is 10.1. The van der Waals surface area contributed by atoms with Crippen LogP contribution in [0.1, 0.15) is 13.8 Å². The van der Waals surface area contributed by atoms with Gasteiger partial charge in [0.1, 0.15) is 5.82 Å². The second-order valence-electron chi connectivity index (χ2n) is 3.54. The molecule has 0 aliphatic rings. The minimum Gasteiger partial charge on any atom is -0.374 e. The molecular weight excluding hydrogens is 243 g/mol. The highest BCUT2D eigenvalue weighted by molar-refractivity contribution is 6.30. The molecule has 1 aromatic carbocycles. The van der Waals surface area contributed by atoms with E-state index in [4.69, 9.17) is 11.6 Å². The average Bonchev–Trinajstić information content (AvgIpc) is 2.29. The van der Waals surface area contributed by atoms with Crippen molar-refractivity contribution in [1.29, 1.82) is 0 Å². The zero-order valence-corrected chi connectivity index (χ0v) is 10.7. The molecule has 0 radical (unpaired) electrons. The first-order valence-electron chi connectivity index (χ1n) is 5.55. The van der Waals surface area contributed by atoms with E-state index in [0.717, 1.165) is 0 Å². The summed E-state index contributed by atoms with van der Waals surface area (Å²) in [6.07, 6.45) is 0. The van der Waals surface area contributed by atoms with Crippen LogP contribution in [0, 0.1) is 5.82 Å². The molecule has 17 heavy (non-hydrogen) atoms. The van der Waals surface area contributed by atoms with E-state index in [1.165, 1.54) is 12.1 Å². The summed E-state index contributed by atoms with van der Waals surface area (Å²) < 4.78 is 13.4. The van der Waals surface area contributed by atoms with Crippen molar-refractivity contribution in [2.24, 2.45) is 0 Å². The number of hydrogen-bond acceptors (Lipinski definition) is 2. The summed E-state index contributed by atoms with van der Waals surface area (Å²) >= 11 is 5.63. The zero-order valence-electron chi connectivity index (χ0n) is 9.96. The molecule has 5 heteroatoms. The van der Waals surface area contributed by atoms with E-state index in [1.54, 1.807) is 11.0 Å². The lowest BCUT2D eigenvalue weighted by Crippen LogP contribution is -2.35. The summed E-state index contributed by atoms with van der Waals surface area (Å²) in [6.45, 7) is 5.20. The number of carbonyl (C=O) groups is 1. The molecule has 0 heterocycles. The van der Waals surface area contributed by atoms with Crippen LogP contribution in [0.25, 0.3) is 0 Å². The summed E-state index contributed by atoms with van der Waals surface area (Å²) in [5.74, 6) is -0.505. The largest absolute Gasteiger partial charge is 0.374 e. The number of anilines is 1. The lowest BCUT2D eigenvalue weighted by molar-refractivity contribution is -0.128. The molecule has 0 saturated carbocycles. The van der Waals surface area contributed by atoms with Crippen LogP contribution < -0.4 is 5.32 Å². The van der Waals surface area contributed by atoms with Gasteiger partial charge in [-0.3, -0.25) is 4.79 Å². The molecule has 0 fully saturated rings. The molecule has 0 atom stereocenters. The molecule has 1 N–H and O–H groups in total. The van der Waals surface area contributed by atoms with E-state index < -0.39 is 5.82 Å². The summed E-state index contributed by atoms with van der Waals surface area (Å²) in [5, 5.41) is 3.10. The van der Waals surface area contributed by atoms with Gasteiger partial charge in [0.25, 0.3) is 0 Å². The van der Waals surface area contributed by atoms with Crippen molar-refractivity contribution >= 4 is 23.2 Å². The van der Waals surface area contributed by atoms with Crippen LogP contribution in [0.4, 0.5) is 10.1 Å². The van der Waals surface area contributed by atoms with Gasteiger partial charge < -0.3 is 10.2 Å². The number of nitrogens with zero attached hydrogens (tertiary/aromatic N) is 1. The Balaban J connectivity index is 2.58. The van der Waals surface area contributed by atoms with Crippen molar-refractivity contribution in [3.05, 3.63) is 29.0 Å². The maximum Gasteiger partial charge on any atom is 0.241 e. The predicted octanol–water partition coefficient (Wildman–Crippen LogP) is 2.76. The molecule has 1 amide bonds. The Morgan fingerprint density at radius 2 is 2.06 bits per heavy atom. The van der Waals surface area contributed by atoms with Crippen molar-refractivity contribution in [1.82, 2.24) is 4.90 Å². The fourth-order valence-electron chi connectivity index (χ4n) is 1.49. The lowest BCUT2D eigenvalue weighted by atomic mass is 10.3. The van der Waals surface area contributed by atoms with Gasteiger partial charge in [-0.05, 0) is 32.0 Å². The Labute approximate surface area is 106 Å². The molecule has 0 aromatic heterocycles. The van der Waals surface area contributed by atoms with Crippen LogP contribution in [0.3, 0.4) is 0 Å². The topological polar surface area (TPSA) is 32.3 Å². The quantitative estimate of drug-likeness (QED) is 0.881. The number of benzene rings is 1. The van der Waals surface area contributed by atoms with Gasteiger partial charge in [-0.25, -0.2) is 4.39 Å². The van der Waals surface area contributed by atoms with Crippen molar-refractivity contribution in [2.45, 2.75) is 13.8 Å². The molecule has 1 aromatic rings. The van der Waals surface area contributed by atoms with Gasteiger partial charge in [-0.15, -0.1) is 0 Å². The number of halogens is 2. The Bertz CT molecular complexity index is 394. The van der Waals surface area contributed by atoms with E-state index in [-0.39, 0.29) is 18.1 Å². The van der Waals surface area contributed by atoms with Gasteiger partial charge in [-0.1, -0.05) is 11.6 Å². The maximum absolute atomic E-state index is 13.4. The first-order chi connectivity index (χ1) is 8.08. The first-order valence-corrected chi connectivity index (χ1v) is 5.93. The molecule has 0 unspecified atom stereocenters. The van der Waals surface area contributed by atoms with Crippen molar-refractivity contribution in [3.63, 3.8) is 0 Å². The molecular formula is C12H16ClFN2O. The zero-order chi connectivity index (χ0) is 12.8. The number of nitrogens with one attached hydrogen (secondary N) is 1. The lowest BCUT2D eigenvalue weighted by Gasteiger charge is -2.19. The molecule has 0 aliphatic carbocycles. The van der Waals surface area contributed by atoms with E-state index in [0.29, 0.717) is 18.1 Å². The number of hydrogen-bond donors (Lipinski definition) is 1. The Hall–Kier alpha value is -1.29. The Kier molecular flexibility index (Phi) is 5.22. The van der Waals surface area contributed by atoms with Crippen LogP contribution in [0.2, 0.25) is 5.02 Å². The minimum atomic E-state index is -0.454. The van der Waals surface area contributed by atoms with Crippen molar-refractivity contribution in [2.75, 3.05) is 25.0 Å². The monoisotopic (exact) mass is 258 g/mol. The van der Waals surface area contributed by atoms with E-state index >= 15 is 0 Å².